The van der Waals surface area contributed by atoms with Gasteiger partial charge in [0.2, 0.25) is 5.03 Å². The Kier molecular flexibility index (Phi) is 4.39. The van der Waals surface area contributed by atoms with Crippen LogP contribution >= 0.6 is 0 Å². The molecule has 4 nitrogen and oxygen atoms in total. The van der Waals surface area contributed by atoms with E-state index < -0.39 is 20.9 Å². The summed E-state index contributed by atoms with van der Waals surface area (Å²) in [6.07, 6.45) is 1.26. The van der Waals surface area contributed by atoms with Gasteiger partial charge in [-0.2, -0.15) is 4.31 Å². The Morgan fingerprint density at radius 1 is 1.24 bits per heavy atom. The highest BCUT2D eigenvalue weighted by molar-refractivity contribution is 7.89. The van der Waals surface area contributed by atoms with E-state index in [9.17, 15) is 12.8 Å². The average Bonchev–Trinajstić information content (AvgIpc) is 2.42. The third kappa shape index (κ3) is 3.28. The van der Waals surface area contributed by atoms with Crippen LogP contribution in [0.4, 0.5) is 4.39 Å². The summed E-state index contributed by atoms with van der Waals surface area (Å²) >= 11 is 0. The van der Waals surface area contributed by atoms with Crippen molar-refractivity contribution in [3.05, 3.63) is 59.0 Å². The fourth-order valence-corrected chi connectivity index (χ4v) is 3.17. The topological polar surface area (TPSA) is 50.3 Å². The first-order valence-electron chi connectivity index (χ1n) is 6.45. The van der Waals surface area contributed by atoms with Crippen molar-refractivity contribution in [1.29, 1.82) is 0 Å². The molecule has 0 aliphatic rings. The Hall–Kier alpha value is -1.79. The Labute approximate surface area is 124 Å². The highest BCUT2D eigenvalue weighted by atomic mass is 32.2. The van der Waals surface area contributed by atoms with Gasteiger partial charge < -0.3 is 0 Å². The molecule has 2 aromatic rings. The van der Waals surface area contributed by atoms with Gasteiger partial charge in [-0.05, 0) is 37.1 Å². The summed E-state index contributed by atoms with van der Waals surface area (Å²) in [6, 6.07) is 8.23. The van der Waals surface area contributed by atoms with Gasteiger partial charge >= 0.3 is 0 Å². The molecule has 0 atom stereocenters. The zero-order valence-electron chi connectivity index (χ0n) is 12.2. The lowest BCUT2D eigenvalue weighted by Crippen LogP contribution is -2.28. The molecule has 0 unspecified atom stereocenters. The number of hydrogen-bond donors (Lipinski definition) is 0. The highest BCUT2D eigenvalue weighted by Gasteiger charge is 2.26. The van der Waals surface area contributed by atoms with Gasteiger partial charge in [-0.25, -0.2) is 17.8 Å². The first-order valence-corrected chi connectivity index (χ1v) is 7.89. The molecule has 0 fully saturated rings. The van der Waals surface area contributed by atoms with E-state index in [0.29, 0.717) is 0 Å². The standard InChI is InChI=1S/C15H17FN2O2S/c1-11-6-7-13(12(2)9-11)10-18(3)21(19,20)15-14(16)5-4-8-17-15/h4-9H,10H2,1-3H3. The molecular formula is C15H17FN2O2S. The largest absolute Gasteiger partial charge is 0.263 e. The molecule has 0 saturated carbocycles. The van der Waals surface area contributed by atoms with Crippen LogP contribution in [0.5, 0.6) is 0 Å². The molecule has 112 valence electrons. The van der Waals surface area contributed by atoms with E-state index in [0.717, 1.165) is 27.1 Å². The number of sulfonamides is 1. The molecule has 6 heteroatoms. The second-order valence-electron chi connectivity index (χ2n) is 4.98. The smallest absolute Gasteiger partial charge is 0.241 e. The first-order chi connectivity index (χ1) is 9.82. The molecule has 1 aromatic carbocycles. The van der Waals surface area contributed by atoms with Crippen LogP contribution in [0, 0.1) is 19.7 Å². The average molecular weight is 308 g/mol. The summed E-state index contributed by atoms with van der Waals surface area (Å²) in [5, 5.41) is -0.544. The van der Waals surface area contributed by atoms with Gasteiger partial charge in [0.1, 0.15) is 0 Å². The number of aromatic nitrogens is 1. The summed E-state index contributed by atoms with van der Waals surface area (Å²) in [5.74, 6) is -0.843. The molecule has 1 aromatic heterocycles. The Balaban J connectivity index is 2.31. The van der Waals surface area contributed by atoms with E-state index in [4.69, 9.17) is 0 Å². The minimum atomic E-state index is -3.95. The van der Waals surface area contributed by atoms with Crippen molar-refractivity contribution in [2.75, 3.05) is 7.05 Å². The van der Waals surface area contributed by atoms with Crippen molar-refractivity contribution < 1.29 is 12.8 Å². The molecular weight excluding hydrogens is 291 g/mol. The van der Waals surface area contributed by atoms with Crippen LogP contribution in [0.3, 0.4) is 0 Å². The number of rotatable bonds is 4. The third-order valence-electron chi connectivity index (χ3n) is 3.27. The van der Waals surface area contributed by atoms with E-state index in [1.54, 1.807) is 0 Å². The van der Waals surface area contributed by atoms with Crippen molar-refractivity contribution in [2.24, 2.45) is 0 Å². The lowest BCUT2D eigenvalue weighted by Gasteiger charge is -2.18. The summed E-state index contributed by atoms with van der Waals surface area (Å²) < 4.78 is 39.5. The zero-order chi connectivity index (χ0) is 15.6. The number of nitrogens with zero attached hydrogens (tertiary/aromatic N) is 2. The van der Waals surface area contributed by atoms with Gasteiger partial charge in [0.15, 0.2) is 5.82 Å². The normalized spacial score (nSPS) is 11.9. The predicted molar refractivity (Wildman–Crippen MR) is 78.8 cm³/mol. The quantitative estimate of drug-likeness (QED) is 0.872. The number of benzene rings is 1. The molecule has 0 bridgehead atoms. The minimum Gasteiger partial charge on any atom is -0.241 e. The van der Waals surface area contributed by atoms with Crippen LogP contribution in [-0.4, -0.2) is 24.8 Å². The molecule has 0 N–H and O–H groups in total. The maximum absolute atomic E-state index is 13.6. The van der Waals surface area contributed by atoms with Crippen LogP contribution in [0.1, 0.15) is 16.7 Å². The monoisotopic (exact) mass is 308 g/mol. The van der Waals surface area contributed by atoms with E-state index in [1.165, 1.54) is 19.3 Å². The third-order valence-corrected chi connectivity index (χ3v) is 5.01. The van der Waals surface area contributed by atoms with Gasteiger partial charge in [0.25, 0.3) is 10.0 Å². The van der Waals surface area contributed by atoms with Crippen molar-refractivity contribution in [3.63, 3.8) is 0 Å². The highest BCUT2D eigenvalue weighted by Crippen LogP contribution is 2.19. The molecule has 0 amide bonds. The SMILES string of the molecule is Cc1ccc(CN(C)S(=O)(=O)c2ncccc2F)c(C)c1. The number of pyridine rings is 1. The van der Waals surface area contributed by atoms with Crippen LogP contribution < -0.4 is 0 Å². The minimum absolute atomic E-state index is 0.171. The van der Waals surface area contributed by atoms with Crippen LogP contribution in [-0.2, 0) is 16.6 Å². The predicted octanol–water partition coefficient (Wildman–Crippen LogP) is 2.66. The lowest BCUT2D eigenvalue weighted by atomic mass is 10.1. The molecule has 0 radical (unpaired) electrons. The van der Waals surface area contributed by atoms with Crippen LogP contribution in [0.25, 0.3) is 0 Å². The summed E-state index contributed by atoms with van der Waals surface area (Å²) in [4.78, 5) is 3.64. The molecule has 2 rings (SSSR count). The maximum atomic E-state index is 13.6. The molecule has 0 saturated heterocycles. The molecule has 0 aliphatic heterocycles. The van der Waals surface area contributed by atoms with Gasteiger partial charge in [0, 0.05) is 19.8 Å². The first kappa shape index (κ1) is 15.6. The van der Waals surface area contributed by atoms with E-state index in [1.807, 2.05) is 32.0 Å². The van der Waals surface area contributed by atoms with Crippen molar-refractivity contribution in [1.82, 2.24) is 9.29 Å². The Bertz CT molecular complexity index is 760. The van der Waals surface area contributed by atoms with Crippen molar-refractivity contribution in [2.45, 2.75) is 25.4 Å². The van der Waals surface area contributed by atoms with Crippen LogP contribution in [0.2, 0.25) is 0 Å². The Morgan fingerprint density at radius 3 is 2.57 bits per heavy atom. The molecule has 0 spiro atoms. The molecule has 0 aliphatic carbocycles. The van der Waals surface area contributed by atoms with Crippen molar-refractivity contribution in [3.8, 4) is 0 Å². The molecule has 21 heavy (non-hydrogen) atoms. The summed E-state index contributed by atoms with van der Waals surface area (Å²) in [6.45, 7) is 4.06. The maximum Gasteiger partial charge on any atom is 0.263 e. The van der Waals surface area contributed by atoms with Crippen LogP contribution in [0.15, 0.2) is 41.6 Å². The number of hydrogen-bond acceptors (Lipinski definition) is 3. The van der Waals surface area contributed by atoms with Crippen molar-refractivity contribution >= 4 is 10.0 Å². The van der Waals surface area contributed by atoms with E-state index >= 15 is 0 Å². The fraction of sp³-hybridized carbons (Fsp3) is 0.267. The van der Waals surface area contributed by atoms with Gasteiger partial charge in [0.05, 0.1) is 0 Å². The molecule has 1 heterocycles. The second-order valence-corrected chi connectivity index (χ2v) is 6.94. The lowest BCUT2D eigenvalue weighted by molar-refractivity contribution is 0.454. The number of halogens is 1. The van der Waals surface area contributed by atoms with Gasteiger partial charge in [-0.3, -0.25) is 0 Å². The fourth-order valence-electron chi connectivity index (χ4n) is 2.06. The summed E-state index contributed by atoms with van der Waals surface area (Å²) in [7, 11) is -2.53. The zero-order valence-corrected chi connectivity index (χ0v) is 13.0. The number of aryl methyl sites for hydroxylation is 2. The van der Waals surface area contributed by atoms with Gasteiger partial charge in [-0.15, -0.1) is 0 Å². The summed E-state index contributed by atoms with van der Waals surface area (Å²) in [5.41, 5.74) is 2.99. The van der Waals surface area contributed by atoms with E-state index in [2.05, 4.69) is 4.98 Å². The van der Waals surface area contributed by atoms with Gasteiger partial charge in [-0.1, -0.05) is 23.8 Å². The van der Waals surface area contributed by atoms with E-state index in [-0.39, 0.29) is 6.54 Å². The Morgan fingerprint density at radius 2 is 1.95 bits per heavy atom. The second kappa shape index (κ2) is 5.91.